The van der Waals surface area contributed by atoms with E-state index in [4.69, 9.17) is 0 Å². The molecule has 0 aromatic carbocycles. The van der Waals surface area contributed by atoms with Gasteiger partial charge in [-0.2, -0.15) is 0 Å². The van der Waals surface area contributed by atoms with E-state index in [2.05, 4.69) is 15.0 Å². The van der Waals surface area contributed by atoms with Crippen molar-refractivity contribution in [2.75, 3.05) is 0 Å². The van der Waals surface area contributed by atoms with Gasteiger partial charge in [-0.05, 0) is 6.92 Å². The first-order valence-corrected chi connectivity index (χ1v) is 5.09. The van der Waals surface area contributed by atoms with Crippen LogP contribution in [0, 0.1) is 0 Å². The van der Waals surface area contributed by atoms with Gasteiger partial charge in [-0.25, -0.2) is 15.0 Å². The quantitative estimate of drug-likeness (QED) is 0.718. The third-order valence-electron chi connectivity index (χ3n) is 2.34. The molecule has 0 spiro atoms. The van der Waals surface area contributed by atoms with Gasteiger partial charge in [0, 0.05) is 31.3 Å². The van der Waals surface area contributed by atoms with Crippen LogP contribution in [-0.2, 0) is 13.0 Å². The summed E-state index contributed by atoms with van der Waals surface area (Å²) in [4.78, 5) is 23.6. The van der Waals surface area contributed by atoms with E-state index in [0.717, 1.165) is 12.4 Å². The molecule has 0 amide bonds. The molecule has 2 aromatic rings. The van der Waals surface area contributed by atoms with Gasteiger partial charge in [0.1, 0.15) is 12.2 Å². The fourth-order valence-corrected chi connectivity index (χ4v) is 1.48. The molecule has 0 unspecified atom stereocenters. The lowest BCUT2D eigenvalue weighted by Gasteiger charge is -2.03. The molecule has 0 fully saturated rings. The maximum absolute atomic E-state index is 11.8. The van der Waals surface area contributed by atoms with Crippen molar-refractivity contribution in [1.29, 1.82) is 0 Å². The van der Waals surface area contributed by atoms with Crippen LogP contribution in [0.4, 0.5) is 0 Å². The van der Waals surface area contributed by atoms with Crippen LogP contribution in [0.2, 0.25) is 0 Å². The first-order chi connectivity index (χ1) is 7.81. The van der Waals surface area contributed by atoms with E-state index in [1.165, 1.54) is 18.7 Å². The molecule has 0 saturated carbocycles. The molecular weight excluding hydrogens is 204 g/mol. The highest BCUT2D eigenvalue weighted by molar-refractivity contribution is 5.96. The number of hydrogen-bond donors (Lipinski definition) is 0. The maximum Gasteiger partial charge on any atom is 0.173 e. The third-order valence-corrected chi connectivity index (χ3v) is 2.34. The van der Waals surface area contributed by atoms with Crippen LogP contribution in [0.25, 0.3) is 0 Å². The molecule has 82 valence electrons. The molecule has 0 aliphatic heterocycles. The van der Waals surface area contributed by atoms with Gasteiger partial charge in [0.25, 0.3) is 0 Å². The predicted octanol–water partition coefficient (Wildman–Crippen LogP) is 1.12. The van der Waals surface area contributed by atoms with Gasteiger partial charge < -0.3 is 4.57 Å². The van der Waals surface area contributed by atoms with Crippen LogP contribution in [0.1, 0.15) is 23.1 Å². The molecule has 0 N–H and O–H groups in total. The average Bonchev–Trinajstić information content (AvgIpc) is 2.77. The fourth-order valence-electron chi connectivity index (χ4n) is 1.48. The number of aromatic nitrogens is 4. The smallest absolute Gasteiger partial charge is 0.173 e. The molecular formula is C11H12N4O. The van der Waals surface area contributed by atoms with E-state index in [0.29, 0.717) is 5.56 Å². The largest absolute Gasteiger partial charge is 0.335 e. The van der Waals surface area contributed by atoms with Gasteiger partial charge in [0.15, 0.2) is 5.78 Å². The number of nitrogens with zero attached hydrogens (tertiary/aromatic N) is 4. The zero-order valence-corrected chi connectivity index (χ0v) is 9.00. The molecule has 0 radical (unpaired) electrons. The second-order valence-corrected chi connectivity index (χ2v) is 3.36. The number of aryl methyl sites for hydroxylation is 1. The second-order valence-electron chi connectivity index (χ2n) is 3.36. The first-order valence-electron chi connectivity index (χ1n) is 5.09. The molecule has 0 saturated heterocycles. The SMILES string of the molecule is CCn1ccnc1CC(=O)c1cncnc1. The Morgan fingerprint density at radius 1 is 1.38 bits per heavy atom. The van der Waals surface area contributed by atoms with Crippen LogP contribution in [0.5, 0.6) is 0 Å². The lowest BCUT2D eigenvalue weighted by atomic mass is 10.1. The second kappa shape index (κ2) is 4.65. The summed E-state index contributed by atoms with van der Waals surface area (Å²) >= 11 is 0. The molecule has 0 aliphatic carbocycles. The topological polar surface area (TPSA) is 60.7 Å². The summed E-state index contributed by atoms with van der Waals surface area (Å²) in [6.45, 7) is 2.83. The predicted molar refractivity (Wildman–Crippen MR) is 58.0 cm³/mol. The van der Waals surface area contributed by atoms with Gasteiger partial charge in [-0.1, -0.05) is 0 Å². The summed E-state index contributed by atoms with van der Waals surface area (Å²) in [5.74, 6) is 0.762. The van der Waals surface area contributed by atoms with E-state index in [9.17, 15) is 4.79 Å². The van der Waals surface area contributed by atoms with Gasteiger partial charge in [0.05, 0.1) is 12.0 Å². The molecule has 2 aromatic heterocycles. The normalized spacial score (nSPS) is 10.3. The fraction of sp³-hybridized carbons (Fsp3) is 0.273. The number of hydrogen-bond acceptors (Lipinski definition) is 4. The summed E-state index contributed by atoms with van der Waals surface area (Å²) in [5, 5.41) is 0. The third kappa shape index (κ3) is 2.13. The van der Waals surface area contributed by atoms with Crippen LogP contribution >= 0.6 is 0 Å². The first kappa shape index (κ1) is 10.5. The van der Waals surface area contributed by atoms with Crippen LogP contribution in [-0.4, -0.2) is 25.3 Å². The van der Waals surface area contributed by atoms with E-state index in [-0.39, 0.29) is 12.2 Å². The highest BCUT2D eigenvalue weighted by atomic mass is 16.1. The van der Waals surface area contributed by atoms with E-state index < -0.39 is 0 Å². The number of rotatable bonds is 4. The summed E-state index contributed by atoms with van der Waals surface area (Å²) in [7, 11) is 0. The molecule has 16 heavy (non-hydrogen) atoms. The van der Waals surface area contributed by atoms with Crippen molar-refractivity contribution < 1.29 is 4.79 Å². The van der Waals surface area contributed by atoms with Crippen molar-refractivity contribution in [2.45, 2.75) is 19.9 Å². The minimum atomic E-state index is -0.0125. The number of ketones is 1. The zero-order valence-electron chi connectivity index (χ0n) is 9.00. The molecule has 0 aliphatic rings. The summed E-state index contributed by atoms with van der Waals surface area (Å²) < 4.78 is 1.95. The van der Waals surface area contributed by atoms with Crippen molar-refractivity contribution in [2.24, 2.45) is 0 Å². The standard InChI is InChI=1S/C11H12N4O/c1-2-15-4-3-14-11(15)5-10(16)9-6-12-8-13-7-9/h3-4,6-8H,2,5H2,1H3. The summed E-state index contributed by atoms with van der Waals surface area (Å²) in [6, 6.07) is 0. The van der Waals surface area contributed by atoms with Crippen LogP contribution in [0.3, 0.4) is 0 Å². The van der Waals surface area contributed by atoms with Crippen molar-refractivity contribution >= 4 is 5.78 Å². The number of Topliss-reactive ketones (excluding diaryl/α,β-unsaturated/α-hetero) is 1. The van der Waals surface area contributed by atoms with Gasteiger partial charge in [0.2, 0.25) is 0 Å². The Bertz CT molecular complexity index is 478. The Kier molecular flexibility index (Phi) is 3.05. The monoisotopic (exact) mass is 216 g/mol. The van der Waals surface area contributed by atoms with E-state index in [1.54, 1.807) is 6.20 Å². The van der Waals surface area contributed by atoms with Crippen molar-refractivity contribution in [3.8, 4) is 0 Å². The molecule has 2 heterocycles. The van der Waals surface area contributed by atoms with Crippen molar-refractivity contribution in [3.05, 3.63) is 42.5 Å². The van der Waals surface area contributed by atoms with E-state index >= 15 is 0 Å². The highest BCUT2D eigenvalue weighted by Crippen LogP contribution is 2.04. The van der Waals surface area contributed by atoms with Gasteiger partial charge in [-0.15, -0.1) is 0 Å². The van der Waals surface area contributed by atoms with Gasteiger partial charge >= 0.3 is 0 Å². The minimum Gasteiger partial charge on any atom is -0.335 e. The maximum atomic E-state index is 11.8. The Morgan fingerprint density at radius 3 is 2.81 bits per heavy atom. The van der Waals surface area contributed by atoms with Gasteiger partial charge in [-0.3, -0.25) is 4.79 Å². The minimum absolute atomic E-state index is 0.0125. The Hall–Kier alpha value is -2.04. The molecule has 0 atom stereocenters. The average molecular weight is 216 g/mol. The zero-order chi connectivity index (χ0) is 11.4. The summed E-state index contributed by atoms with van der Waals surface area (Å²) in [6.07, 6.45) is 8.30. The lowest BCUT2D eigenvalue weighted by Crippen LogP contribution is -2.10. The van der Waals surface area contributed by atoms with Crippen molar-refractivity contribution in [1.82, 2.24) is 19.5 Å². The Balaban J connectivity index is 2.14. The lowest BCUT2D eigenvalue weighted by molar-refractivity contribution is 0.0989. The molecule has 5 nitrogen and oxygen atoms in total. The number of carbonyl (C=O) groups excluding carboxylic acids is 1. The van der Waals surface area contributed by atoms with Crippen molar-refractivity contribution in [3.63, 3.8) is 0 Å². The Morgan fingerprint density at radius 2 is 2.12 bits per heavy atom. The Labute approximate surface area is 93.2 Å². The van der Waals surface area contributed by atoms with Crippen LogP contribution < -0.4 is 0 Å². The molecule has 2 rings (SSSR count). The highest BCUT2D eigenvalue weighted by Gasteiger charge is 2.10. The van der Waals surface area contributed by atoms with E-state index in [1.807, 2.05) is 17.7 Å². The number of imidazole rings is 1. The number of carbonyl (C=O) groups is 1. The molecule has 0 bridgehead atoms. The molecule has 5 heteroatoms. The van der Waals surface area contributed by atoms with Crippen LogP contribution in [0.15, 0.2) is 31.1 Å². The summed E-state index contributed by atoms with van der Waals surface area (Å²) in [5.41, 5.74) is 0.521.